The number of ether oxygens (including phenoxy) is 1. The second-order valence-corrected chi connectivity index (χ2v) is 9.29. The first-order chi connectivity index (χ1) is 15.2. The molecular weight excluding hydrogens is 400 g/mol. The summed E-state index contributed by atoms with van der Waals surface area (Å²) >= 11 is 0. The average molecular weight is 437 g/mol. The van der Waals surface area contributed by atoms with Crippen molar-refractivity contribution in [2.24, 2.45) is 5.92 Å². The Labute approximate surface area is 192 Å². The number of nitrogens with one attached hydrogen (secondary N) is 1. The number of benzene rings is 2. The molecule has 3 rings (SSSR count). The van der Waals surface area contributed by atoms with Crippen molar-refractivity contribution in [2.75, 3.05) is 6.54 Å². The number of carbonyl (C=O) groups excluding carboxylic acids is 2. The van der Waals surface area contributed by atoms with Crippen molar-refractivity contribution in [3.8, 4) is 5.75 Å². The fourth-order valence-electron chi connectivity index (χ4n) is 4.21. The Bertz CT molecular complexity index is 950. The van der Waals surface area contributed by atoms with Crippen LogP contribution >= 0.6 is 0 Å². The molecule has 1 aliphatic rings. The van der Waals surface area contributed by atoms with E-state index in [0.717, 1.165) is 17.5 Å². The number of nitrogens with zero attached hydrogens (tertiary/aromatic N) is 1. The Morgan fingerprint density at radius 1 is 1.09 bits per heavy atom. The smallest absolute Gasteiger partial charge is 0.261 e. The van der Waals surface area contributed by atoms with Gasteiger partial charge in [0.15, 0.2) is 6.10 Å². The van der Waals surface area contributed by atoms with E-state index in [9.17, 15) is 9.59 Å². The van der Waals surface area contributed by atoms with Crippen molar-refractivity contribution >= 4 is 11.8 Å². The highest BCUT2D eigenvalue weighted by atomic mass is 16.5. The van der Waals surface area contributed by atoms with E-state index < -0.39 is 6.10 Å². The van der Waals surface area contributed by atoms with Crippen LogP contribution in [0.25, 0.3) is 0 Å². The van der Waals surface area contributed by atoms with Gasteiger partial charge in [0.2, 0.25) is 5.91 Å². The van der Waals surface area contributed by atoms with Crippen LogP contribution in [0.5, 0.6) is 5.75 Å². The molecule has 0 aromatic heterocycles. The van der Waals surface area contributed by atoms with E-state index in [-0.39, 0.29) is 29.8 Å². The molecule has 0 saturated heterocycles. The summed E-state index contributed by atoms with van der Waals surface area (Å²) in [5.41, 5.74) is 4.57. The van der Waals surface area contributed by atoms with Crippen molar-refractivity contribution in [1.82, 2.24) is 10.2 Å². The van der Waals surface area contributed by atoms with E-state index in [1.807, 2.05) is 51.7 Å². The van der Waals surface area contributed by atoms with Crippen molar-refractivity contribution in [2.45, 2.75) is 72.6 Å². The molecule has 2 amide bonds. The van der Waals surface area contributed by atoms with Crippen molar-refractivity contribution in [1.29, 1.82) is 0 Å². The number of hydrogen-bond donors (Lipinski definition) is 1. The highest BCUT2D eigenvalue weighted by Gasteiger charge is 2.33. The third kappa shape index (κ3) is 5.32. The van der Waals surface area contributed by atoms with E-state index in [4.69, 9.17) is 4.74 Å². The monoisotopic (exact) mass is 436 g/mol. The topological polar surface area (TPSA) is 58.6 Å². The van der Waals surface area contributed by atoms with Gasteiger partial charge in [-0.05, 0) is 62.4 Å². The summed E-state index contributed by atoms with van der Waals surface area (Å²) in [4.78, 5) is 27.6. The molecule has 172 valence electrons. The number of amides is 2. The summed E-state index contributed by atoms with van der Waals surface area (Å²) in [6.45, 7) is 12.5. The maximum absolute atomic E-state index is 13.1. The Kier molecular flexibility index (Phi) is 7.60. The molecule has 2 atom stereocenters. The third-order valence-corrected chi connectivity index (χ3v) is 5.89. The number of rotatable bonds is 7. The average Bonchev–Trinajstić information content (AvgIpc) is 2.76. The summed E-state index contributed by atoms with van der Waals surface area (Å²) in [6, 6.07) is 14.3. The molecule has 1 N–H and O–H groups in total. The molecule has 32 heavy (non-hydrogen) atoms. The molecule has 1 heterocycles. The molecule has 5 nitrogen and oxygen atoms in total. The van der Waals surface area contributed by atoms with Crippen molar-refractivity contribution in [3.05, 3.63) is 64.7 Å². The zero-order valence-electron chi connectivity index (χ0n) is 20.1. The van der Waals surface area contributed by atoms with Gasteiger partial charge < -0.3 is 15.0 Å². The highest BCUT2D eigenvalue weighted by molar-refractivity contribution is 5.81. The van der Waals surface area contributed by atoms with Crippen LogP contribution < -0.4 is 10.1 Å². The van der Waals surface area contributed by atoms with E-state index in [0.29, 0.717) is 18.7 Å². The molecule has 2 aromatic carbocycles. The first-order valence-electron chi connectivity index (χ1n) is 11.7. The lowest BCUT2D eigenvalue weighted by Gasteiger charge is -2.39. The lowest BCUT2D eigenvalue weighted by Crippen LogP contribution is -2.43. The standard InChI is InChI=1S/C27H36N2O3/c1-7-24(26(30)28-18(4)5)32-22-13-12-20-14-15-29(27(31)17(2)3)25(23(20)16-22)21-10-8-19(6)9-11-21/h8-13,16-18,24-25H,7,14-15H2,1-6H3,(H,28,30)/t24-,25-/m0/s1. The van der Waals surface area contributed by atoms with E-state index in [1.165, 1.54) is 11.1 Å². The summed E-state index contributed by atoms with van der Waals surface area (Å²) in [5, 5.41) is 2.93. The van der Waals surface area contributed by atoms with Crippen LogP contribution in [0.1, 0.15) is 69.3 Å². The largest absolute Gasteiger partial charge is 0.481 e. The van der Waals surface area contributed by atoms with E-state index in [2.05, 4.69) is 42.6 Å². The van der Waals surface area contributed by atoms with Gasteiger partial charge in [-0.2, -0.15) is 0 Å². The van der Waals surface area contributed by atoms with Crippen LogP contribution in [-0.2, 0) is 16.0 Å². The fourth-order valence-corrected chi connectivity index (χ4v) is 4.21. The van der Waals surface area contributed by atoms with Gasteiger partial charge >= 0.3 is 0 Å². The molecule has 0 saturated carbocycles. The van der Waals surface area contributed by atoms with Crippen LogP contribution in [0.2, 0.25) is 0 Å². The molecule has 0 radical (unpaired) electrons. The predicted molar refractivity (Wildman–Crippen MR) is 128 cm³/mol. The molecule has 1 aliphatic heterocycles. The number of aryl methyl sites for hydroxylation is 1. The lowest BCUT2D eigenvalue weighted by atomic mass is 9.87. The first kappa shape index (κ1) is 23.8. The van der Waals surface area contributed by atoms with Gasteiger partial charge in [-0.25, -0.2) is 0 Å². The maximum atomic E-state index is 13.1. The number of carbonyl (C=O) groups is 2. The van der Waals surface area contributed by atoms with Crippen LogP contribution in [0.4, 0.5) is 0 Å². The van der Waals surface area contributed by atoms with Gasteiger partial charge in [0.1, 0.15) is 5.75 Å². The van der Waals surface area contributed by atoms with Gasteiger partial charge in [0.25, 0.3) is 5.91 Å². The number of fused-ring (bicyclic) bond motifs is 1. The highest BCUT2D eigenvalue weighted by Crippen LogP contribution is 2.38. The fraction of sp³-hybridized carbons (Fsp3) is 0.481. The van der Waals surface area contributed by atoms with Crippen molar-refractivity contribution < 1.29 is 14.3 Å². The zero-order chi connectivity index (χ0) is 23.4. The summed E-state index contributed by atoms with van der Waals surface area (Å²) in [5.74, 6) is 0.626. The van der Waals surface area contributed by atoms with Crippen LogP contribution in [0.3, 0.4) is 0 Å². The SMILES string of the molecule is CC[C@H](Oc1ccc2c(c1)[C@H](c1ccc(C)cc1)N(C(=O)C(C)C)CC2)C(=O)NC(C)C. The lowest BCUT2D eigenvalue weighted by molar-refractivity contribution is -0.136. The van der Waals surface area contributed by atoms with Gasteiger partial charge in [0, 0.05) is 18.5 Å². The third-order valence-electron chi connectivity index (χ3n) is 5.89. The van der Waals surface area contributed by atoms with Gasteiger partial charge in [-0.15, -0.1) is 0 Å². The molecule has 0 fully saturated rings. The molecule has 0 aliphatic carbocycles. The Morgan fingerprint density at radius 3 is 2.38 bits per heavy atom. The van der Waals surface area contributed by atoms with E-state index in [1.54, 1.807) is 0 Å². The van der Waals surface area contributed by atoms with E-state index >= 15 is 0 Å². The van der Waals surface area contributed by atoms with Crippen molar-refractivity contribution in [3.63, 3.8) is 0 Å². The summed E-state index contributed by atoms with van der Waals surface area (Å²) in [6.07, 6.45) is 0.835. The van der Waals surface area contributed by atoms with Gasteiger partial charge in [-0.1, -0.05) is 56.7 Å². The second-order valence-electron chi connectivity index (χ2n) is 9.29. The minimum Gasteiger partial charge on any atom is -0.481 e. The molecule has 5 heteroatoms. The Balaban J connectivity index is 1.99. The first-order valence-corrected chi connectivity index (χ1v) is 11.7. The van der Waals surface area contributed by atoms with Crippen LogP contribution in [-0.4, -0.2) is 35.4 Å². The molecule has 0 spiro atoms. The minimum atomic E-state index is -0.551. The quantitative estimate of drug-likeness (QED) is 0.678. The molecule has 0 unspecified atom stereocenters. The van der Waals surface area contributed by atoms with Gasteiger partial charge in [-0.3, -0.25) is 9.59 Å². The second kappa shape index (κ2) is 10.2. The molecule has 0 bridgehead atoms. The van der Waals surface area contributed by atoms with Gasteiger partial charge in [0.05, 0.1) is 6.04 Å². The molecular formula is C27H36N2O3. The Morgan fingerprint density at radius 2 is 1.78 bits per heavy atom. The van der Waals surface area contributed by atoms with Crippen LogP contribution in [0, 0.1) is 12.8 Å². The van der Waals surface area contributed by atoms with Crippen LogP contribution in [0.15, 0.2) is 42.5 Å². The zero-order valence-corrected chi connectivity index (χ0v) is 20.1. The minimum absolute atomic E-state index is 0.0604. The predicted octanol–water partition coefficient (Wildman–Crippen LogP) is 4.81. The summed E-state index contributed by atoms with van der Waals surface area (Å²) < 4.78 is 6.12. The molecule has 2 aromatic rings. The number of hydrogen-bond acceptors (Lipinski definition) is 3. The maximum Gasteiger partial charge on any atom is 0.261 e. The Hall–Kier alpha value is -2.82. The normalized spacial score (nSPS) is 16.6. The summed E-state index contributed by atoms with van der Waals surface area (Å²) in [7, 11) is 0.